The Hall–Kier alpha value is -2.95. The molecule has 1 unspecified atom stereocenters. The number of benzene rings is 2. The molecule has 4 rings (SSSR count). The zero-order valence-electron chi connectivity index (χ0n) is 18.2. The second kappa shape index (κ2) is 9.04. The number of halogens is 1. The van der Waals surface area contributed by atoms with Gasteiger partial charge >= 0.3 is 0 Å². The molecule has 2 aromatic carbocycles. The Bertz CT molecular complexity index is 995. The van der Waals surface area contributed by atoms with Gasteiger partial charge in [0.05, 0.1) is 11.3 Å². The third-order valence-corrected chi connectivity index (χ3v) is 6.18. The van der Waals surface area contributed by atoms with Crippen LogP contribution in [0.25, 0.3) is 5.57 Å². The van der Waals surface area contributed by atoms with Crippen molar-refractivity contribution in [1.82, 2.24) is 4.90 Å². The minimum absolute atomic E-state index is 0.292. The van der Waals surface area contributed by atoms with Gasteiger partial charge in [0.1, 0.15) is 11.5 Å². The maximum Gasteiger partial charge on any atom is 0.282 e. The number of carbonyl (C=O) groups is 2. The Morgan fingerprint density at radius 1 is 1.00 bits per heavy atom. The van der Waals surface area contributed by atoms with Gasteiger partial charge in [-0.05, 0) is 67.0 Å². The normalized spacial score (nSPS) is 19.5. The predicted octanol–water partition coefficient (Wildman–Crippen LogP) is 5.18. The van der Waals surface area contributed by atoms with Crippen molar-refractivity contribution >= 4 is 23.1 Å². The van der Waals surface area contributed by atoms with E-state index in [0.29, 0.717) is 28.4 Å². The SMILES string of the molecule is CCCCc1ccc(N2C(=O)C(c3ccc(F)cc3)=C(N3CCCC(C)C3)C2=O)cc1. The molecule has 31 heavy (non-hydrogen) atoms. The molecule has 2 aromatic rings. The number of imide groups is 1. The fraction of sp³-hybridized carbons (Fsp3) is 0.385. The monoisotopic (exact) mass is 420 g/mol. The first-order valence-corrected chi connectivity index (χ1v) is 11.2. The van der Waals surface area contributed by atoms with E-state index in [1.807, 2.05) is 29.2 Å². The highest BCUT2D eigenvalue weighted by atomic mass is 19.1. The summed E-state index contributed by atoms with van der Waals surface area (Å²) in [6.45, 7) is 5.80. The number of anilines is 1. The summed E-state index contributed by atoms with van der Waals surface area (Å²) >= 11 is 0. The first-order valence-electron chi connectivity index (χ1n) is 11.2. The molecule has 1 saturated heterocycles. The highest BCUT2D eigenvalue weighted by Crippen LogP contribution is 2.36. The molecule has 0 N–H and O–H groups in total. The Morgan fingerprint density at radius 3 is 2.35 bits per heavy atom. The van der Waals surface area contributed by atoms with E-state index < -0.39 is 0 Å². The van der Waals surface area contributed by atoms with Crippen molar-refractivity contribution < 1.29 is 14.0 Å². The van der Waals surface area contributed by atoms with Crippen LogP contribution in [0.4, 0.5) is 10.1 Å². The zero-order valence-corrected chi connectivity index (χ0v) is 18.2. The van der Waals surface area contributed by atoms with Crippen LogP contribution in [0.15, 0.2) is 54.2 Å². The average molecular weight is 421 g/mol. The summed E-state index contributed by atoms with van der Waals surface area (Å²) < 4.78 is 13.5. The van der Waals surface area contributed by atoms with E-state index in [4.69, 9.17) is 0 Å². The second-order valence-electron chi connectivity index (χ2n) is 8.64. The second-order valence-corrected chi connectivity index (χ2v) is 8.64. The lowest BCUT2D eigenvalue weighted by molar-refractivity contribution is -0.120. The third-order valence-electron chi connectivity index (χ3n) is 6.18. The first-order chi connectivity index (χ1) is 15.0. The molecular formula is C26H29FN2O2. The van der Waals surface area contributed by atoms with Gasteiger partial charge in [0, 0.05) is 13.1 Å². The number of amides is 2. The van der Waals surface area contributed by atoms with E-state index in [1.165, 1.54) is 22.6 Å². The summed E-state index contributed by atoms with van der Waals surface area (Å²) in [5.74, 6) is -0.551. The van der Waals surface area contributed by atoms with Crippen molar-refractivity contribution in [2.45, 2.75) is 46.0 Å². The quantitative estimate of drug-likeness (QED) is 0.604. The number of hydrogen-bond acceptors (Lipinski definition) is 3. The third kappa shape index (κ3) is 4.27. The summed E-state index contributed by atoms with van der Waals surface area (Å²) in [5.41, 5.74) is 3.17. The Balaban J connectivity index is 1.72. The van der Waals surface area contributed by atoms with Gasteiger partial charge in [-0.2, -0.15) is 0 Å². The van der Waals surface area contributed by atoms with E-state index in [0.717, 1.165) is 45.2 Å². The number of unbranched alkanes of at least 4 members (excludes halogenated alkanes) is 1. The molecule has 2 heterocycles. The summed E-state index contributed by atoms with van der Waals surface area (Å²) in [6.07, 6.45) is 5.30. The highest BCUT2D eigenvalue weighted by Gasteiger charge is 2.43. The molecule has 0 saturated carbocycles. The van der Waals surface area contributed by atoms with Crippen LogP contribution in [0.2, 0.25) is 0 Å². The molecule has 0 aromatic heterocycles. The molecule has 0 radical (unpaired) electrons. The summed E-state index contributed by atoms with van der Waals surface area (Å²) in [7, 11) is 0. The van der Waals surface area contributed by atoms with Gasteiger partial charge in [0.15, 0.2) is 0 Å². The summed E-state index contributed by atoms with van der Waals surface area (Å²) in [4.78, 5) is 30.4. The van der Waals surface area contributed by atoms with E-state index in [1.54, 1.807) is 12.1 Å². The number of carbonyl (C=O) groups excluding carboxylic acids is 2. The van der Waals surface area contributed by atoms with E-state index in [-0.39, 0.29) is 17.6 Å². The Morgan fingerprint density at radius 2 is 1.71 bits per heavy atom. The molecule has 1 atom stereocenters. The fourth-order valence-corrected chi connectivity index (χ4v) is 4.51. The lowest BCUT2D eigenvalue weighted by atomic mass is 9.98. The average Bonchev–Trinajstić information content (AvgIpc) is 3.03. The summed E-state index contributed by atoms with van der Waals surface area (Å²) in [5, 5.41) is 0. The molecule has 162 valence electrons. The van der Waals surface area contributed by atoms with Crippen molar-refractivity contribution in [1.29, 1.82) is 0 Å². The van der Waals surface area contributed by atoms with Gasteiger partial charge in [-0.15, -0.1) is 0 Å². The molecule has 0 spiro atoms. The van der Waals surface area contributed by atoms with Crippen LogP contribution in [0.5, 0.6) is 0 Å². The standard InChI is InChI=1S/C26H29FN2O2/c1-3-4-7-19-8-14-22(15-9-19)29-25(30)23(20-10-12-21(27)13-11-20)24(26(29)31)28-16-5-6-18(2)17-28/h8-15,18H,3-7,16-17H2,1-2H3. The van der Waals surface area contributed by atoms with E-state index in [2.05, 4.69) is 13.8 Å². The minimum Gasteiger partial charge on any atom is -0.366 e. The number of hydrogen-bond donors (Lipinski definition) is 0. The van der Waals surface area contributed by atoms with E-state index >= 15 is 0 Å². The molecule has 2 aliphatic heterocycles. The van der Waals surface area contributed by atoms with Crippen LogP contribution in [-0.2, 0) is 16.0 Å². The van der Waals surface area contributed by atoms with Crippen LogP contribution in [-0.4, -0.2) is 29.8 Å². The van der Waals surface area contributed by atoms with Crippen molar-refractivity contribution in [3.8, 4) is 0 Å². The molecule has 2 aliphatic rings. The van der Waals surface area contributed by atoms with Crippen molar-refractivity contribution in [3.05, 3.63) is 71.2 Å². The van der Waals surface area contributed by atoms with Crippen LogP contribution in [0, 0.1) is 11.7 Å². The van der Waals surface area contributed by atoms with Gasteiger partial charge in [0.25, 0.3) is 11.8 Å². The molecule has 1 fully saturated rings. The van der Waals surface area contributed by atoms with Crippen LogP contribution < -0.4 is 4.90 Å². The lowest BCUT2D eigenvalue weighted by Gasteiger charge is -2.33. The number of rotatable bonds is 6. The van der Waals surface area contributed by atoms with E-state index in [9.17, 15) is 14.0 Å². The predicted molar refractivity (Wildman–Crippen MR) is 121 cm³/mol. The maximum atomic E-state index is 13.6. The highest BCUT2D eigenvalue weighted by molar-refractivity contribution is 6.45. The van der Waals surface area contributed by atoms with Crippen LogP contribution in [0.1, 0.15) is 50.7 Å². The molecule has 2 amide bonds. The molecular weight excluding hydrogens is 391 g/mol. The first kappa shape index (κ1) is 21.3. The molecule has 0 aliphatic carbocycles. The number of likely N-dealkylation sites (tertiary alicyclic amines) is 1. The number of nitrogens with zero attached hydrogens (tertiary/aromatic N) is 2. The van der Waals surface area contributed by atoms with Gasteiger partial charge in [0.2, 0.25) is 0 Å². The van der Waals surface area contributed by atoms with Crippen LogP contribution in [0.3, 0.4) is 0 Å². The Kier molecular flexibility index (Phi) is 6.21. The van der Waals surface area contributed by atoms with Gasteiger partial charge in [-0.25, -0.2) is 9.29 Å². The maximum absolute atomic E-state index is 13.6. The van der Waals surface area contributed by atoms with Crippen LogP contribution >= 0.6 is 0 Å². The number of aryl methyl sites for hydroxylation is 1. The summed E-state index contributed by atoms with van der Waals surface area (Å²) in [6, 6.07) is 13.5. The van der Waals surface area contributed by atoms with Gasteiger partial charge < -0.3 is 4.90 Å². The smallest absolute Gasteiger partial charge is 0.282 e. The van der Waals surface area contributed by atoms with Gasteiger partial charge in [-0.1, -0.05) is 44.5 Å². The van der Waals surface area contributed by atoms with Crippen molar-refractivity contribution in [2.24, 2.45) is 5.92 Å². The zero-order chi connectivity index (χ0) is 22.0. The number of piperidine rings is 1. The Labute approximate surface area is 183 Å². The fourth-order valence-electron chi connectivity index (χ4n) is 4.51. The van der Waals surface area contributed by atoms with Crippen molar-refractivity contribution in [3.63, 3.8) is 0 Å². The topological polar surface area (TPSA) is 40.6 Å². The molecule has 0 bridgehead atoms. The largest absolute Gasteiger partial charge is 0.366 e. The lowest BCUT2D eigenvalue weighted by Crippen LogP contribution is -2.39. The van der Waals surface area contributed by atoms with Crippen molar-refractivity contribution in [2.75, 3.05) is 18.0 Å². The molecule has 4 nitrogen and oxygen atoms in total. The minimum atomic E-state index is -0.367. The molecule has 5 heteroatoms. The van der Waals surface area contributed by atoms with Gasteiger partial charge in [-0.3, -0.25) is 9.59 Å².